The number of nitrogens with zero attached hydrogens (tertiary/aromatic N) is 2. The molecule has 3 aliphatic rings. The van der Waals surface area contributed by atoms with E-state index in [0.717, 1.165) is 50.3 Å². The van der Waals surface area contributed by atoms with Gasteiger partial charge in [0.2, 0.25) is 0 Å². The average molecular weight is 608 g/mol. The van der Waals surface area contributed by atoms with E-state index in [2.05, 4.69) is 96.8 Å². The second-order valence-corrected chi connectivity index (χ2v) is 11.5. The largest absolute Gasteiger partial charge is 0.308 e. The quantitative estimate of drug-likeness (QED) is 0.295. The predicted octanol–water partition coefficient (Wildman–Crippen LogP) is 9.33. The molecule has 2 nitrogen and oxygen atoms in total. The van der Waals surface area contributed by atoms with E-state index in [1.165, 1.54) is 34.4 Å². The van der Waals surface area contributed by atoms with Crippen molar-refractivity contribution in [2.75, 3.05) is 0 Å². The van der Waals surface area contributed by atoms with E-state index in [9.17, 15) is 4.39 Å². The highest BCUT2D eigenvalue weighted by Gasteiger charge is 2.40. The third kappa shape index (κ3) is 4.48. The Balaban J connectivity index is 1.48. The number of benzene rings is 3. The summed E-state index contributed by atoms with van der Waals surface area (Å²) in [6, 6.07) is 23.8. The molecule has 3 aromatic carbocycles. The third-order valence-electron chi connectivity index (χ3n) is 6.57. The number of hydrogen-bond donors (Lipinski definition) is 0. The molecule has 0 radical (unpaired) electrons. The first-order valence-electron chi connectivity index (χ1n) is 11.5. The van der Waals surface area contributed by atoms with Gasteiger partial charge in [-0.1, -0.05) is 67.9 Å². The van der Waals surface area contributed by atoms with Crippen LogP contribution in [0.2, 0.25) is 0 Å². The summed E-state index contributed by atoms with van der Waals surface area (Å²) in [5.74, 6) is -0.225. The number of aliphatic imine (C=N–C) groups is 1. The Bertz CT molecular complexity index is 1400. The van der Waals surface area contributed by atoms with Gasteiger partial charge in [-0.15, -0.1) is 0 Å². The molecule has 174 valence electrons. The van der Waals surface area contributed by atoms with Gasteiger partial charge in [-0.05, 0) is 102 Å². The molecular formula is C29H21Br2FN2S. The summed E-state index contributed by atoms with van der Waals surface area (Å²) in [6.45, 7) is 0. The second-order valence-electron chi connectivity index (χ2n) is 8.79. The first-order chi connectivity index (χ1) is 17.1. The van der Waals surface area contributed by atoms with Crippen LogP contribution in [-0.2, 0) is 0 Å². The lowest BCUT2D eigenvalue weighted by molar-refractivity contribution is 0.457. The van der Waals surface area contributed by atoms with Gasteiger partial charge in [0.25, 0.3) is 0 Å². The van der Waals surface area contributed by atoms with Crippen LogP contribution in [0.5, 0.6) is 0 Å². The Kier molecular flexibility index (Phi) is 6.29. The Hall–Kier alpha value is -2.41. The zero-order valence-corrected chi connectivity index (χ0v) is 22.7. The molecule has 0 amide bonds. The monoisotopic (exact) mass is 606 g/mol. The number of rotatable bonds is 3. The summed E-state index contributed by atoms with van der Waals surface area (Å²) in [7, 11) is 0. The number of thioether (sulfide) groups is 1. The molecule has 6 rings (SSSR count). The van der Waals surface area contributed by atoms with Gasteiger partial charge in [0, 0.05) is 14.4 Å². The highest BCUT2D eigenvalue weighted by molar-refractivity contribution is 9.10. The minimum absolute atomic E-state index is 0.0468. The fourth-order valence-electron chi connectivity index (χ4n) is 4.95. The van der Waals surface area contributed by atoms with Gasteiger partial charge in [0.05, 0.1) is 17.4 Å². The van der Waals surface area contributed by atoms with Crippen molar-refractivity contribution >= 4 is 60.6 Å². The number of halogens is 3. The van der Waals surface area contributed by atoms with Crippen LogP contribution < -0.4 is 0 Å². The van der Waals surface area contributed by atoms with E-state index >= 15 is 0 Å². The lowest BCUT2D eigenvalue weighted by atomic mass is 9.83. The fraction of sp³-hybridized carbons (Fsp3) is 0.138. The molecule has 1 atom stereocenters. The van der Waals surface area contributed by atoms with Crippen molar-refractivity contribution in [3.8, 4) is 0 Å². The van der Waals surface area contributed by atoms with E-state index in [4.69, 9.17) is 4.99 Å². The first-order valence-corrected chi connectivity index (χ1v) is 14.0. The van der Waals surface area contributed by atoms with Crippen molar-refractivity contribution in [2.45, 2.75) is 25.3 Å². The van der Waals surface area contributed by atoms with Gasteiger partial charge in [0.15, 0.2) is 5.17 Å². The maximum atomic E-state index is 13.7. The highest BCUT2D eigenvalue weighted by atomic mass is 79.9. The standard InChI is InChI=1S/C29H21Br2FN2S/c30-22-10-4-18(5-11-22)16-21-2-1-3-25-27(21)33-29-34(28(25)20-6-12-23(31)13-7-20)26(17-35-29)19-8-14-24(32)15-9-19/h4-17,28H,1-3H2. The van der Waals surface area contributed by atoms with Crippen molar-refractivity contribution in [3.63, 3.8) is 0 Å². The average Bonchev–Trinajstić information content (AvgIpc) is 3.29. The van der Waals surface area contributed by atoms with E-state index in [1.807, 2.05) is 12.1 Å². The molecule has 6 heteroatoms. The van der Waals surface area contributed by atoms with Crippen LogP contribution in [-0.4, -0.2) is 10.1 Å². The smallest absolute Gasteiger partial charge is 0.174 e. The van der Waals surface area contributed by atoms with E-state index < -0.39 is 0 Å². The molecule has 0 saturated carbocycles. The van der Waals surface area contributed by atoms with Crippen LogP contribution in [0.1, 0.15) is 42.0 Å². The van der Waals surface area contributed by atoms with Crippen molar-refractivity contribution in [1.82, 2.24) is 4.90 Å². The van der Waals surface area contributed by atoms with Crippen molar-refractivity contribution in [2.24, 2.45) is 4.99 Å². The van der Waals surface area contributed by atoms with Crippen LogP contribution in [0.25, 0.3) is 11.8 Å². The van der Waals surface area contributed by atoms with Gasteiger partial charge in [0.1, 0.15) is 5.82 Å². The van der Waals surface area contributed by atoms with Gasteiger partial charge in [-0.3, -0.25) is 0 Å². The molecule has 0 bridgehead atoms. The first kappa shape index (κ1) is 23.0. The number of hydrogen-bond acceptors (Lipinski definition) is 3. The summed E-state index contributed by atoms with van der Waals surface area (Å²) in [5.41, 5.74) is 8.24. The zero-order valence-electron chi connectivity index (χ0n) is 18.7. The minimum Gasteiger partial charge on any atom is -0.308 e. The number of amidine groups is 1. The Morgan fingerprint density at radius 3 is 2.29 bits per heavy atom. The molecule has 0 spiro atoms. The molecule has 0 aromatic heterocycles. The molecule has 35 heavy (non-hydrogen) atoms. The van der Waals surface area contributed by atoms with Crippen molar-refractivity contribution in [1.29, 1.82) is 0 Å². The molecular weight excluding hydrogens is 587 g/mol. The Morgan fingerprint density at radius 2 is 1.57 bits per heavy atom. The molecule has 1 unspecified atom stereocenters. The predicted molar refractivity (Wildman–Crippen MR) is 151 cm³/mol. The molecule has 1 aliphatic carbocycles. The van der Waals surface area contributed by atoms with Crippen molar-refractivity contribution in [3.05, 3.63) is 127 Å². The summed E-state index contributed by atoms with van der Waals surface area (Å²) in [5, 5.41) is 3.12. The van der Waals surface area contributed by atoms with Crippen molar-refractivity contribution < 1.29 is 4.39 Å². The third-order valence-corrected chi connectivity index (χ3v) is 8.47. The van der Waals surface area contributed by atoms with Gasteiger partial charge >= 0.3 is 0 Å². The number of fused-ring (bicyclic) bond motifs is 1. The molecule has 2 aliphatic heterocycles. The molecule has 0 saturated heterocycles. The second kappa shape index (κ2) is 9.57. The van der Waals surface area contributed by atoms with Crippen LogP contribution >= 0.6 is 43.6 Å². The van der Waals surface area contributed by atoms with E-state index in [-0.39, 0.29) is 11.9 Å². The Morgan fingerprint density at radius 1 is 0.886 bits per heavy atom. The SMILES string of the molecule is Fc1ccc(C2=CSC3=NC4=C(CCCC4=Cc4ccc(Br)cc4)C(c4ccc(Br)cc4)N23)cc1. The zero-order chi connectivity index (χ0) is 23.9. The highest BCUT2D eigenvalue weighted by Crippen LogP contribution is 2.51. The topological polar surface area (TPSA) is 15.6 Å². The maximum Gasteiger partial charge on any atom is 0.174 e. The molecule has 0 fully saturated rings. The maximum absolute atomic E-state index is 13.7. The number of allylic oxidation sites excluding steroid dienone is 1. The minimum atomic E-state index is -0.225. The van der Waals surface area contributed by atoms with Gasteiger partial charge in [-0.25, -0.2) is 9.38 Å². The van der Waals surface area contributed by atoms with Gasteiger partial charge in [-0.2, -0.15) is 0 Å². The fourth-order valence-corrected chi connectivity index (χ4v) is 6.41. The van der Waals surface area contributed by atoms with Crippen LogP contribution in [0.15, 0.2) is 109 Å². The summed E-state index contributed by atoms with van der Waals surface area (Å²) >= 11 is 8.77. The van der Waals surface area contributed by atoms with Gasteiger partial charge < -0.3 is 4.90 Å². The van der Waals surface area contributed by atoms with E-state index in [1.54, 1.807) is 11.8 Å². The summed E-state index contributed by atoms with van der Waals surface area (Å²) in [6.07, 6.45) is 5.40. The lowest BCUT2D eigenvalue weighted by Crippen LogP contribution is -2.34. The van der Waals surface area contributed by atoms with Crippen LogP contribution in [0.3, 0.4) is 0 Å². The summed E-state index contributed by atoms with van der Waals surface area (Å²) in [4.78, 5) is 7.56. The van der Waals surface area contributed by atoms with Crippen LogP contribution in [0.4, 0.5) is 4.39 Å². The normalized spacial score (nSPS) is 20.5. The summed E-state index contributed by atoms with van der Waals surface area (Å²) < 4.78 is 15.8. The van der Waals surface area contributed by atoms with E-state index in [0.29, 0.717) is 0 Å². The molecule has 0 N–H and O–H groups in total. The Labute approximate surface area is 225 Å². The lowest BCUT2D eigenvalue weighted by Gasteiger charge is -2.40. The molecule has 3 aromatic rings. The van der Waals surface area contributed by atoms with Crippen LogP contribution in [0, 0.1) is 5.82 Å². The molecule has 2 heterocycles.